The molecule has 4 nitrogen and oxygen atoms in total. The number of hydrogen-bond donors (Lipinski definition) is 1. The lowest BCUT2D eigenvalue weighted by Crippen LogP contribution is -2.26. The number of sulfonamides is 1. The predicted octanol–water partition coefficient (Wildman–Crippen LogP) is 2.79. The Kier molecular flexibility index (Phi) is 7.19. The Morgan fingerprint density at radius 3 is 2.50 bits per heavy atom. The zero-order chi connectivity index (χ0) is 15.0. The summed E-state index contributed by atoms with van der Waals surface area (Å²) in [4.78, 5) is 0.356. The van der Waals surface area contributed by atoms with E-state index in [0.29, 0.717) is 24.5 Å². The maximum atomic E-state index is 12.1. The Balaban J connectivity index is 2.42. The summed E-state index contributed by atoms with van der Waals surface area (Å²) in [7, 11) is -3.41. The molecule has 1 aromatic rings. The number of hydrogen-bond acceptors (Lipinski definition) is 3. The van der Waals surface area contributed by atoms with Gasteiger partial charge in [0.25, 0.3) is 0 Å². The first-order valence-electron chi connectivity index (χ1n) is 7.12. The quantitative estimate of drug-likeness (QED) is 0.713. The monoisotopic (exact) mass is 299 g/mol. The first-order valence-corrected chi connectivity index (χ1v) is 8.60. The van der Waals surface area contributed by atoms with E-state index in [2.05, 4.69) is 11.6 Å². The van der Waals surface area contributed by atoms with E-state index >= 15 is 0 Å². The molecule has 114 valence electrons. The van der Waals surface area contributed by atoms with Crippen molar-refractivity contribution in [2.45, 2.75) is 44.9 Å². The van der Waals surface area contributed by atoms with Crippen molar-refractivity contribution in [3.05, 3.63) is 29.3 Å². The van der Waals surface area contributed by atoms with Gasteiger partial charge in [-0.3, -0.25) is 0 Å². The number of benzene rings is 1. The molecule has 0 amide bonds. The molecular formula is C15H25NO3S. The molecule has 0 unspecified atom stereocenters. The topological polar surface area (TPSA) is 55.4 Å². The van der Waals surface area contributed by atoms with Crippen LogP contribution in [0.1, 0.15) is 37.3 Å². The molecule has 0 aliphatic heterocycles. The van der Waals surface area contributed by atoms with E-state index in [0.717, 1.165) is 30.6 Å². The molecule has 1 N–H and O–H groups in total. The Hall–Kier alpha value is -0.910. The third kappa shape index (κ3) is 5.61. The third-order valence-electron chi connectivity index (χ3n) is 3.02. The van der Waals surface area contributed by atoms with Crippen molar-refractivity contribution in [1.29, 1.82) is 0 Å². The molecule has 5 heteroatoms. The fourth-order valence-corrected chi connectivity index (χ4v) is 3.21. The van der Waals surface area contributed by atoms with E-state index in [1.807, 2.05) is 26.0 Å². The Labute approximate surface area is 122 Å². The van der Waals surface area contributed by atoms with E-state index in [1.54, 1.807) is 6.07 Å². The van der Waals surface area contributed by atoms with Crippen LogP contribution in [-0.4, -0.2) is 28.2 Å². The summed E-state index contributed by atoms with van der Waals surface area (Å²) in [6.07, 6.45) is 2.85. The van der Waals surface area contributed by atoms with Crippen LogP contribution in [0, 0.1) is 13.8 Å². The molecule has 0 aliphatic rings. The zero-order valence-corrected chi connectivity index (χ0v) is 13.4. The second kappa shape index (κ2) is 8.39. The van der Waals surface area contributed by atoms with Crippen molar-refractivity contribution >= 4 is 10.0 Å². The van der Waals surface area contributed by atoms with Gasteiger partial charge in [0.05, 0.1) is 4.90 Å². The summed E-state index contributed by atoms with van der Waals surface area (Å²) >= 11 is 0. The molecule has 0 bridgehead atoms. The second-order valence-electron chi connectivity index (χ2n) is 4.99. The lowest BCUT2D eigenvalue weighted by Gasteiger charge is -2.10. The summed E-state index contributed by atoms with van der Waals surface area (Å²) in [5.74, 6) is 0. The first kappa shape index (κ1) is 17.1. The van der Waals surface area contributed by atoms with Crippen LogP contribution in [0.3, 0.4) is 0 Å². The summed E-state index contributed by atoms with van der Waals surface area (Å²) in [6.45, 7) is 7.62. The van der Waals surface area contributed by atoms with Gasteiger partial charge in [0, 0.05) is 19.8 Å². The highest BCUT2D eigenvalue weighted by molar-refractivity contribution is 7.89. The smallest absolute Gasteiger partial charge is 0.240 e. The fourth-order valence-electron chi connectivity index (χ4n) is 1.91. The first-order chi connectivity index (χ1) is 9.47. The molecule has 0 aliphatic carbocycles. The minimum Gasteiger partial charge on any atom is -0.381 e. The van der Waals surface area contributed by atoms with Crippen LogP contribution >= 0.6 is 0 Å². The average molecular weight is 299 g/mol. The maximum absolute atomic E-state index is 12.1. The van der Waals surface area contributed by atoms with Crippen molar-refractivity contribution in [3.63, 3.8) is 0 Å². The summed E-state index contributed by atoms with van der Waals surface area (Å²) in [5, 5.41) is 0. The van der Waals surface area contributed by atoms with E-state index in [9.17, 15) is 8.42 Å². The van der Waals surface area contributed by atoms with E-state index in [-0.39, 0.29) is 0 Å². The van der Waals surface area contributed by atoms with Crippen LogP contribution in [0.25, 0.3) is 0 Å². The Morgan fingerprint density at radius 1 is 1.15 bits per heavy atom. The Bertz CT molecular complexity index is 512. The van der Waals surface area contributed by atoms with E-state index in [1.165, 1.54) is 0 Å². The number of aryl methyl sites for hydroxylation is 2. The molecule has 0 heterocycles. The molecule has 20 heavy (non-hydrogen) atoms. The molecule has 0 saturated heterocycles. The van der Waals surface area contributed by atoms with Gasteiger partial charge in [0.15, 0.2) is 0 Å². The molecule has 0 fully saturated rings. The third-order valence-corrected chi connectivity index (χ3v) is 4.64. The van der Waals surface area contributed by atoms with Gasteiger partial charge in [0.2, 0.25) is 10.0 Å². The number of unbranched alkanes of at least 4 members (excludes halogenated alkanes) is 1. The van der Waals surface area contributed by atoms with Crippen LogP contribution in [-0.2, 0) is 14.8 Å². The van der Waals surface area contributed by atoms with Crippen LogP contribution < -0.4 is 4.72 Å². The summed E-state index contributed by atoms with van der Waals surface area (Å²) in [6, 6.07) is 5.35. The average Bonchev–Trinajstić information content (AvgIpc) is 2.37. The van der Waals surface area contributed by atoms with Gasteiger partial charge in [-0.25, -0.2) is 13.1 Å². The maximum Gasteiger partial charge on any atom is 0.240 e. The normalized spacial score (nSPS) is 11.8. The van der Waals surface area contributed by atoms with Gasteiger partial charge in [-0.1, -0.05) is 31.0 Å². The standard InChI is InChI=1S/C15H25NO3S/c1-4-5-10-19-11-6-9-16-20(17,18)15-8-7-13(2)12-14(15)3/h7-8,12,16H,4-6,9-11H2,1-3H3. The van der Waals surface area contributed by atoms with Gasteiger partial charge >= 0.3 is 0 Å². The van der Waals surface area contributed by atoms with Crippen molar-refractivity contribution in [1.82, 2.24) is 4.72 Å². The van der Waals surface area contributed by atoms with Gasteiger partial charge < -0.3 is 4.74 Å². The van der Waals surface area contributed by atoms with Gasteiger partial charge in [0.1, 0.15) is 0 Å². The minimum atomic E-state index is -3.41. The predicted molar refractivity (Wildman–Crippen MR) is 81.4 cm³/mol. The lowest BCUT2D eigenvalue weighted by molar-refractivity contribution is 0.130. The number of nitrogens with one attached hydrogen (secondary N) is 1. The van der Waals surface area contributed by atoms with Crippen LogP contribution in [0.5, 0.6) is 0 Å². The molecule has 0 aromatic heterocycles. The summed E-state index contributed by atoms with van der Waals surface area (Å²) in [5.41, 5.74) is 1.84. The highest BCUT2D eigenvalue weighted by Gasteiger charge is 2.15. The molecule has 1 aromatic carbocycles. The molecule has 0 saturated carbocycles. The van der Waals surface area contributed by atoms with Crippen molar-refractivity contribution in [3.8, 4) is 0 Å². The number of rotatable bonds is 9. The van der Waals surface area contributed by atoms with Crippen molar-refractivity contribution in [2.24, 2.45) is 0 Å². The van der Waals surface area contributed by atoms with Gasteiger partial charge in [-0.05, 0) is 38.3 Å². The lowest BCUT2D eigenvalue weighted by atomic mass is 10.2. The highest BCUT2D eigenvalue weighted by atomic mass is 32.2. The Morgan fingerprint density at radius 2 is 1.85 bits per heavy atom. The summed E-state index contributed by atoms with van der Waals surface area (Å²) < 4.78 is 32.3. The van der Waals surface area contributed by atoms with E-state index in [4.69, 9.17) is 4.74 Å². The number of ether oxygens (including phenoxy) is 1. The fraction of sp³-hybridized carbons (Fsp3) is 0.600. The minimum absolute atomic E-state index is 0.356. The SMILES string of the molecule is CCCCOCCCNS(=O)(=O)c1ccc(C)cc1C. The molecule has 1 rings (SSSR count). The van der Waals surface area contributed by atoms with Crippen molar-refractivity contribution < 1.29 is 13.2 Å². The molecule has 0 spiro atoms. The molecule has 0 atom stereocenters. The highest BCUT2D eigenvalue weighted by Crippen LogP contribution is 2.16. The van der Waals surface area contributed by atoms with Crippen LogP contribution in [0.4, 0.5) is 0 Å². The van der Waals surface area contributed by atoms with Crippen LogP contribution in [0.2, 0.25) is 0 Å². The van der Waals surface area contributed by atoms with E-state index < -0.39 is 10.0 Å². The van der Waals surface area contributed by atoms with Crippen molar-refractivity contribution in [2.75, 3.05) is 19.8 Å². The van der Waals surface area contributed by atoms with Gasteiger partial charge in [-0.15, -0.1) is 0 Å². The molecule has 0 radical (unpaired) electrons. The zero-order valence-electron chi connectivity index (χ0n) is 12.6. The second-order valence-corrected chi connectivity index (χ2v) is 6.72. The largest absolute Gasteiger partial charge is 0.381 e. The van der Waals surface area contributed by atoms with Crippen LogP contribution in [0.15, 0.2) is 23.1 Å². The van der Waals surface area contributed by atoms with Gasteiger partial charge in [-0.2, -0.15) is 0 Å². The molecular weight excluding hydrogens is 274 g/mol.